The van der Waals surface area contributed by atoms with E-state index in [4.69, 9.17) is 32.7 Å². The molecule has 0 N–H and O–H groups in total. The minimum absolute atomic E-state index is 0.446. The summed E-state index contributed by atoms with van der Waals surface area (Å²) in [7, 11) is 3.21. The summed E-state index contributed by atoms with van der Waals surface area (Å²) in [5.74, 6) is 1.40. The number of nitrogens with zero attached hydrogens (tertiary/aromatic N) is 1. The highest BCUT2D eigenvalue weighted by atomic mass is 35.5. The standard InChI is InChI=1S/C17H13Cl2NO2/c1-21-12-4-5-13-11(7-12)9-15(20-17(13)19)10-3-6-16(22-2)14(18)8-10/h3-9H,1-2H3. The molecule has 0 aliphatic carbocycles. The van der Waals surface area contributed by atoms with Crippen molar-refractivity contribution in [2.45, 2.75) is 0 Å². The van der Waals surface area contributed by atoms with Crippen LogP contribution in [0, 0.1) is 0 Å². The van der Waals surface area contributed by atoms with Crippen molar-refractivity contribution in [3.05, 3.63) is 52.6 Å². The lowest BCUT2D eigenvalue weighted by molar-refractivity contribution is 0.415. The number of rotatable bonds is 3. The van der Waals surface area contributed by atoms with E-state index in [1.54, 1.807) is 14.2 Å². The number of methoxy groups -OCH3 is 2. The average Bonchev–Trinajstić information content (AvgIpc) is 2.54. The van der Waals surface area contributed by atoms with Crippen LogP contribution in [-0.4, -0.2) is 19.2 Å². The van der Waals surface area contributed by atoms with Crippen molar-refractivity contribution in [2.24, 2.45) is 0 Å². The zero-order valence-electron chi connectivity index (χ0n) is 12.1. The van der Waals surface area contributed by atoms with E-state index in [9.17, 15) is 0 Å². The van der Waals surface area contributed by atoms with Crippen LogP contribution in [0.5, 0.6) is 11.5 Å². The number of ether oxygens (including phenoxy) is 2. The molecule has 0 aliphatic heterocycles. The van der Waals surface area contributed by atoms with Crippen LogP contribution in [0.1, 0.15) is 0 Å². The summed E-state index contributed by atoms with van der Waals surface area (Å²) in [4.78, 5) is 4.45. The lowest BCUT2D eigenvalue weighted by Crippen LogP contribution is -1.90. The Morgan fingerprint density at radius 1 is 0.909 bits per heavy atom. The van der Waals surface area contributed by atoms with Gasteiger partial charge in [0.2, 0.25) is 0 Å². The van der Waals surface area contributed by atoms with Crippen molar-refractivity contribution in [1.82, 2.24) is 4.98 Å². The minimum Gasteiger partial charge on any atom is -0.497 e. The molecule has 3 rings (SSSR count). The van der Waals surface area contributed by atoms with Crippen LogP contribution in [-0.2, 0) is 0 Å². The number of pyridine rings is 1. The average molecular weight is 334 g/mol. The van der Waals surface area contributed by atoms with E-state index in [2.05, 4.69) is 4.98 Å². The van der Waals surface area contributed by atoms with Crippen molar-refractivity contribution in [1.29, 1.82) is 0 Å². The van der Waals surface area contributed by atoms with E-state index >= 15 is 0 Å². The first-order valence-electron chi connectivity index (χ1n) is 6.60. The predicted molar refractivity (Wildman–Crippen MR) is 90.3 cm³/mol. The Hall–Kier alpha value is -1.97. The zero-order chi connectivity index (χ0) is 15.7. The maximum absolute atomic E-state index is 6.30. The van der Waals surface area contributed by atoms with Crippen LogP contribution in [0.2, 0.25) is 10.2 Å². The highest BCUT2D eigenvalue weighted by Gasteiger charge is 2.09. The Morgan fingerprint density at radius 2 is 1.73 bits per heavy atom. The summed E-state index contributed by atoms with van der Waals surface area (Å²) in [6, 6.07) is 13.2. The van der Waals surface area contributed by atoms with Gasteiger partial charge in [0.25, 0.3) is 0 Å². The number of hydrogen-bond acceptors (Lipinski definition) is 3. The van der Waals surface area contributed by atoms with Crippen molar-refractivity contribution >= 4 is 34.0 Å². The minimum atomic E-state index is 0.446. The number of aromatic nitrogens is 1. The molecule has 0 spiro atoms. The molecule has 1 heterocycles. The molecule has 3 nitrogen and oxygen atoms in total. The normalized spacial score (nSPS) is 10.7. The fourth-order valence-electron chi connectivity index (χ4n) is 2.29. The first kappa shape index (κ1) is 14.9. The molecule has 0 radical (unpaired) electrons. The van der Waals surface area contributed by atoms with E-state index in [1.165, 1.54) is 0 Å². The summed E-state index contributed by atoms with van der Waals surface area (Å²) >= 11 is 12.5. The highest BCUT2D eigenvalue weighted by molar-refractivity contribution is 6.34. The molecule has 22 heavy (non-hydrogen) atoms. The molecular formula is C17H13Cl2NO2. The fourth-order valence-corrected chi connectivity index (χ4v) is 2.82. The predicted octanol–water partition coefficient (Wildman–Crippen LogP) is 5.23. The third-order valence-electron chi connectivity index (χ3n) is 3.44. The molecule has 0 fully saturated rings. The van der Waals surface area contributed by atoms with Gasteiger partial charge in [-0.1, -0.05) is 23.2 Å². The van der Waals surface area contributed by atoms with Crippen LogP contribution < -0.4 is 9.47 Å². The zero-order valence-corrected chi connectivity index (χ0v) is 13.6. The Balaban J connectivity index is 2.16. The van der Waals surface area contributed by atoms with E-state index in [0.717, 1.165) is 27.8 Å². The van der Waals surface area contributed by atoms with Crippen molar-refractivity contribution in [2.75, 3.05) is 14.2 Å². The van der Waals surface area contributed by atoms with Gasteiger partial charge in [-0.2, -0.15) is 0 Å². The second-order valence-corrected chi connectivity index (χ2v) is 5.50. The van der Waals surface area contributed by atoms with Crippen molar-refractivity contribution < 1.29 is 9.47 Å². The first-order valence-corrected chi connectivity index (χ1v) is 7.36. The Morgan fingerprint density at radius 3 is 2.41 bits per heavy atom. The summed E-state index contributed by atoms with van der Waals surface area (Å²) < 4.78 is 10.4. The van der Waals surface area contributed by atoms with Gasteiger partial charge in [-0.25, -0.2) is 4.98 Å². The number of hydrogen-bond donors (Lipinski definition) is 0. The Labute approximate surface area is 138 Å². The molecule has 0 saturated heterocycles. The van der Waals surface area contributed by atoms with E-state index in [0.29, 0.717) is 15.9 Å². The largest absolute Gasteiger partial charge is 0.497 e. The molecular weight excluding hydrogens is 321 g/mol. The van der Waals surface area contributed by atoms with Gasteiger partial charge in [-0.15, -0.1) is 0 Å². The van der Waals surface area contributed by atoms with Crippen LogP contribution >= 0.6 is 23.2 Å². The topological polar surface area (TPSA) is 31.4 Å². The SMILES string of the molecule is COc1ccc2c(Cl)nc(-c3ccc(OC)c(Cl)c3)cc2c1. The lowest BCUT2D eigenvalue weighted by atomic mass is 10.1. The van der Waals surface area contributed by atoms with Crippen LogP contribution in [0.4, 0.5) is 0 Å². The number of fused-ring (bicyclic) bond motifs is 1. The van der Waals surface area contributed by atoms with Gasteiger partial charge in [0.05, 0.1) is 24.9 Å². The van der Waals surface area contributed by atoms with Crippen LogP contribution in [0.3, 0.4) is 0 Å². The van der Waals surface area contributed by atoms with Crippen LogP contribution in [0.25, 0.3) is 22.0 Å². The van der Waals surface area contributed by atoms with E-state index in [1.807, 2.05) is 42.5 Å². The maximum Gasteiger partial charge on any atom is 0.137 e. The molecule has 0 aliphatic rings. The fraction of sp³-hybridized carbons (Fsp3) is 0.118. The van der Waals surface area contributed by atoms with Gasteiger partial charge in [-0.3, -0.25) is 0 Å². The summed E-state index contributed by atoms with van der Waals surface area (Å²) in [5.41, 5.74) is 1.62. The Kier molecular flexibility index (Phi) is 4.10. The third-order valence-corrected chi connectivity index (χ3v) is 4.02. The molecule has 5 heteroatoms. The molecule has 0 bridgehead atoms. The number of benzene rings is 2. The van der Waals surface area contributed by atoms with Crippen molar-refractivity contribution in [3.8, 4) is 22.8 Å². The van der Waals surface area contributed by atoms with Gasteiger partial charge in [0, 0.05) is 10.9 Å². The summed E-state index contributed by atoms with van der Waals surface area (Å²) in [6.07, 6.45) is 0. The quantitative estimate of drug-likeness (QED) is 0.615. The maximum atomic E-state index is 6.30. The lowest BCUT2D eigenvalue weighted by Gasteiger charge is -2.09. The molecule has 0 amide bonds. The summed E-state index contributed by atoms with van der Waals surface area (Å²) in [6.45, 7) is 0. The number of halogens is 2. The second kappa shape index (κ2) is 6.03. The smallest absolute Gasteiger partial charge is 0.137 e. The molecule has 2 aromatic carbocycles. The molecule has 1 aromatic heterocycles. The van der Waals surface area contributed by atoms with Gasteiger partial charge in [0.1, 0.15) is 16.7 Å². The van der Waals surface area contributed by atoms with Crippen molar-refractivity contribution in [3.63, 3.8) is 0 Å². The monoisotopic (exact) mass is 333 g/mol. The van der Waals surface area contributed by atoms with Gasteiger partial charge < -0.3 is 9.47 Å². The highest BCUT2D eigenvalue weighted by Crippen LogP contribution is 2.33. The first-order chi connectivity index (χ1) is 10.6. The molecule has 0 unspecified atom stereocenters. The third kappa shape index (κ3) is 2.70. The van der Waals surface area contributed by atoms with Gasteiger partial charge >= 0.3 is 0 Å². The molecule has 0 atom stereocenters. The van der Waals surface area contributed by atoms with Crippen LogP contribution in [0.15, 0.2) is 42.5 Å². The van der Waals surface area contributed by atoms with Gasteiger partial charge in [0.15, 0.2) is 0 Å². The Bertz CT molecular complexity index is 849. The molecule has 0 saturated carbocycles. The van der Waals surface area contributed by atoms with E-state index < -0.39 is 0 Å². The molecule has 112 valence electrons. The summed E-state index contributed by atoms with van der Waals surface area (Å²) in [5, 5.41) is 2.82. The van der Waals surface area contributed by atoms with Gasteiger partial charge in [-0.05, 0) is 47.9 Å². The second-order valence-electron chi connectivity index (χ2n) is 4.73. The molecule has 3 aromatic rings. The van der Waals surface area contributed by atoms with E-state index in [-0.39, 0.29) is 0 Å².